The Morgan fingerprint density at radius 1 is 1.27 bits per heavy atom. The van der Waals surface area contributed by atoms with Gasteiger partial charge in [-0.1, -0.05) is 13.0 Å². The van der Waals surface area contributed by atoms with Crippen molar-refractivity contribution in [1.29, 1.82) is 0 Å². The second kappa shape index (κ2) is 5.58. The van der Waals surface area contributed by atoms with Crippen LogP contribution in [0.2, 0.25) is 0 Å². The molecule has 1 rings (SSSR count). The molecule has 0 amide bonds. The molecule has 0 aliphatic heterocycles. The summed E-state index contributed by atoms with van der Waals surface area (Å²) < 4.78 is 10.6. The maximum absolute atomic E-state index is 5.70. The van der Waals surface area contributed by atoms with Gasteiger partial charge in [0.15, 0.2) is 11.5 Å². The van der Waals surface area contributed by atoms with Crippen molar-refractivity contribution in [1.82, 2.24) is 0 Å². The molecule has 1 aromatic carbocycles. The van der Waals surface area contributed by atoms with E-state index in [0.717, 1.165) is 12.0 Å². The van der Waals surface area contributed by atoms with Crippen molar-refractivity contribution >= 4 is 0 Å². The highest BCUT2D eigenvalue weighted by Gasteiger charge is 2.12. The van der Waals surface area contributed by atoms with Gasteiger partial charge in [0.05, 0.1) is 7.11 Å². The van der Waals surface area contributed by atoms with E-state index in [0.29, 0.717) is 18.0 Å². The monoisotopic (exact) mass is 210 g/mol. The highest BCUT2D eigenvalue weighted by atomic mass is 16.5. The van der Waals surface area contributed by atoms with Gasteiger partial charge < -0.3 is 15.2 Å². The standard InChI is InChI=1S/C11H18N2O2/c1-3-8-4-5-10(14-2)11(15-7-13)9(8)6-12/h4-5H,3,6-7,12-13H2,1-2H3. The highest BCUT2D eigenvalue weighted by molar-refractivity contribution is 5.50. The van der Waals surface area contributed by atoms with Gasteiger partial charge in [0.1, 0.15) is 6.73 Å². The topological polar surface area (TPSA) is 70.5 Å². The Morgan fingerprint density at radius 2 is 2.00 bits per heavy atom. The molecule has 0 saturated carbocycles. The molecular weight excluding hydrogens is 192 g/mol. The molecule has 4 N–H and O–H groups in total. The van der Waals surface area contributed by atoms with Gasteiger partial charge >= 0.3 is 0 Å². The minimum Gasteiger partial charge on any atom is -0.493 e. The van der Waals surface area contributed by atoms with Crippen molar-refractivity contribution in [2.45, 2.75) is 19.9 Å². The van der Waals surface area contributed by atoms with Gasteiger partial charge in [-0.2, -0.15) is 0 Å². The molecule has 0 atom stereocenters. The Bertz CT molecular complexity index is 327. The van der Waals surface area contributed by atoms with Crippen LogP contribution in [-0.2, 0) is 13.0 Å². The molecule has 0 radical (unpaired) electrons. The minimum absolute atomic E-state index is 0.122. The lowest BCUT2D eigenvalue weighted by molar-refractivity contribution is 0.299. The fourth-order valence-electron chi connectivity index (χ4n) is 1.60. The van der Waals surface area contributed by atoms with E-state index in [2.05, 4.69) is 6.92 Å². The largest absolute Gasteiger partial charge is 0.493 e. The zero-order valence-corrected chi connectivity index (χ0v) is 9.25. The molecule has 0 fully saturated rings. The Balaban J connectivity index is 3.24. The molecule has 4 heteroatoms. The quantitative estimate of drug-likeness (QED) is 0.712. The molecule has 84 valence electrons. The first-order chi connectivity index (χ1) is 7.28. The summed E-state index contributed by atoms with van der Waals surface area (Å²) in [7, 11) is 1.60. The third-order valence-electron chi connectivity index (χ3n) is 2.35. The van der Waals surface area contributed by atoms with Gasteiger partial charge in [-0.3, -0.25) is 5.73 Å². The number of rotatable bonds is 5. The van der Waals surface area contributed by atoms with Crippen LogP contribution in [0, 0.1) is 0 Å². The van der Waals surface area contributed by atoms with Gasteiger partial charge in [-0.15, -0.1) is 0 Å². The number of aryl methyl sites for hydroxylation is 1. The van der Waals surface area contributed by atoms with Crippen LogP contribution in [0.15, 0.2) is 12.1 Å². The molecule has 0 heterocycles. The lowest BCUT2D eigenvalue weighted by Gasteiger charge is -2.16. The lowest BCUT2D eigenvalue weighted by Crippen LogP contribution is -2.12. The molecule has 0 saturated heterocycles. The second-order valence-corrected chi connectivity index (χ2v) is 3.10. The van der Waals surface area contributed by atoms with Gasteiger partial charge in [0.25, 0.3) is 0 Å². The maximum atomic E-state index is 5.70. The summed E-state index contributed by atoms with van der Waals surface area (Å²) in [5, 5.41) is 0. The Hall–Kier alpha value is -1.26. The number of methoxy groups -OCH3 is 1. The molecule has 0 aliphatic carbocycles. The molecule has 0 aliphatic rings. The van der Waals surface area contributed by atoms with Crippen LogP contribution < -0.4 is 20.9 Å². The summed E-state index contributed by atoms with van der Waals surface area (Å²) >= 11 is 0. The van der Waals surface area contributed by atoms with Crippen molar-refractivity contribution in [3.8, 4) is 11.5 Å². The van der Waals surface area contributed by atoms with Crippen molar-refractivity contribution in [2.24, 2.45) is 11.5 Å². The number of nitrogens with two attached hydrogens (primary N) is 2. The lowest BCUT2D eigenvalue weighted by atomic mass is 10.0. The normalized spacial score (nSPS) is 10.1. The van der Waals surface area contributed by atoms with Crippen molar-refractivity contribution in [2.75, 3.05) is 13.8 Å². The highest BCUT2D eigenvalue weighted by Crippen LogP contribution is 2.33. The van der Waals surface area contributed by atoms with Gasteiger partial charge in [0, 0.05) is 12.1 Å². The number of hydrogen-bond acceptors (Lipinski definition) is 4. The van der Waals surface area contributed by atoms with Crippen molar-refractivity contribution in [3.05, 3.63) is 23.3 Å². The van der Waals surface area contributed by atoms with Crippen LogP contribution in [0.4, 0.5) is 0 Å². The Morgan fingerprint density at radius 3 is 2.47 bits per heavy atom. The second-order valence-electron chi connectivity index (χ2n) is 3.10. The van der Waals surface area contributed by atoms with Gasteiger partial charge in [-0.25, -0.2) is 0 Å². The first kappa shape index (κ1) is 11.8. The molecule has 1 aromatic rings. The van der Waals surface area contributed by atoms with E-state index in [9.17, 15) is 0 Å². The predicted octanol–water partition coefficient (Wildman–Crippen LogP) is 1.01. The fraction of sp³-hybridized carbons (Fsp3) is 0.455. The summed E-state index contributed by atoms with van der Waals surface area (Å²) in [5.74, 6) is 1.35. The zero-order chi connectivity index (χ0) is 11.3. The summed E-state index contributed by atoms with van der Waals surface area (Å²) in [6.07, 6.45) is 0.914. The molecule has 0 aromatic heterocycles. The van der Waals surface area contributed by atoms with Crippen molar-refractivity contribution < 1.29 is 9.47 Å². The van der Waals surface area contributed by atoms with E-state index in [-0.39, 0.29) is 6.73 Å². The van der Waals surface area contributed by atoms with Gasteiger partial charge in [-0.05, 0) is 18.1 Å². The smallest absolute Gasteiger partial charge is 0.167 e. The van der Waals surface area contributed by atoms with Crippen LogP contribution in [0.5, 0.6) is 11.5 Å². The van der Waals surface area contributed by atoms with Crippen LogP contribution in [0.3, 0.4) is 0 Å². The summed E-state index contributed by atoms with van der Waals surface area (Å²) in [6, 6.07) is 3.88. The van der Waals surface area contributed by atoms with E-state index >= 15 is 0 Å². The fourth-order valence-corrected chi connectivity index (χ4v) is 1.60. The van der Waals surface area contributed by atoms with E-state index in [1.54, 1.807) is 7.11 Å². The Labute approximate surface area is 90.2 Å². The van der Waals surface area contributed by atoms with E-state index in [1.165, 1.54) is 5.56 Å². The summed E-state index contributed by atoms with van der Waals surface area (Å²) in [4.78, 5) is 0. The number of benzene rings is 1. The molecule has 0 bridgehead atoms. The van der Waals surface area contributed by atoms with Crippen LogP contribution in [-0.4, -0.2) is 13.8 Å². The molecule has 0 spiro atoms. The average molecular weight is 210 g/mol. The SMILES string of the molecule is CCc1ccc(OC)c(OCN)c1CN. The first-order valence-electron chi connectivity index (χ1n) is 5.00. The summed E-state index contributed by atoms with van der Waals surface area (Å²) in [5.41, 5.74) is 13.2. The third kappa shape index (κ3) is 2.40. The third-order valence-corrected chi connectivity index (χ3v) is 2.35. The zero-order valence-electron chi connectivity index (χ0n) is 9.25. The predicted molar refractivity (Wildman–Crippen MR) is 59.9 cm³/mol. The molecule has 15 heavy (non-hydrogen) atoms. The van der Waals surface area contributed by atoms with Crippen LogP contribution in [0.1, 0.15) is 18.1 Å². The van der Waals surface area contributed by atoms with E-state index in [1.807, 2.05) is 12.1 Å². The van der Waals surface area contributed by atoms with Crippen LogP contribution in [0.25, 0.3) is 0 Å². The number of hydrogen-bond donors (Lipinski definition) is 2. The van der Waals surface area contributed by atoms with Crippen LogP contribution >= 0.6 is 0 Å². The number of ether oxygens (including phenoxy) is 2. The first-order valence-corrected chi connectivity index (χ1v) is 5.00. The van der Waals surface area contributed by atoms with E-state index < -0.39 is 0 Å². The maximum Gasteiger partial charge on any atom is 0.167 e. The summed E-state index contributed by atoms with van der Waals surface area (Å²) in [6.45, 7) is 2.62. The van der Waals surface area contributed by atoms with Crippen molar-refractivity contribution in [3.63, 3.8) is 0 Å². The minimum atomic E-state index is 0.122. The molecule has 4 nitrogen and oxygen atoms in total. The Kier molecular flexibility index (Phi) is 4.39. The van der Waals surface area contributed by atoms with Gasteiger partial charge in [0.2, 0.25) is 0 Å². The molecular formula is C11H18N2O2. The average Bonchev–Trinajstić information content (AvgIpc) is 2.28. The molecule has 0 unspecified atom stereocenters. The van der Waals surface area contributed by atoms with E-state index in [4.69, 9.17) is 20.9 Å².